The van der Waals surface area contributed by atoms with Gasteiger partial charge in [-0.2, -0.15) is 0 Å². The SMILES string of the molecule is CSc1nc2cc(C)n(CC(=O)Nc3ccc(NC(C)=O)cc3)c2c(=O)n1CC(C)C. The zero-order valence-electron chi connectivity index (χ0n) is 18.4. The van der Waals surface area contributed by atoms with Crippen LogP contribution in [0.5, 0.6) is 0 Å². The second-order valence-corrected chi connectivity index (χ2v) is 8.59. The molecule has 0 fully saturated rings. The van der Waals surface area contributed by atoms with Crippen LogP contribution in [0, 0.1) is 12.8 Å². The highest BCUT2D eigenvalue weighted by molar-refractivity contribution is 7.98. The third-order valence-electron chi connectivity index (χ3n) is 4.70. The van der Waals surface area contributed by atoms with Crippen molar-refractivity contribution in [3.8, 4) is 0 Å². The number of benzene rings is 1. The Bertz CT molecular complexity index is 1180. The molecule has 8 nitrogen and oxygen atoms in total. The molecule has 0 radical (unpaired) electrons. The van der Waals surface area contributed by atoms with Crippen molar-refractivity contribution in [3.05, 3.63) is 46.4 Å². The highest BCUT2D eigenvalue weighted by atomic mass is 32.2. The van der Waals surface area contributed by atoms with Gasteiger partial charge < -0.3 is 15.2 Å². The standard InChI is InChI=1S/C22H27N5O3S/c1-13(2)11-27-21(30)20-18(25-22(27)31-5)10-14(3)26(20)12-19(29)24-17-8-6-16(7-9-17)23-15(4)28/h6-10,13H,11-12H2,1-5H3,(H,23,28)(H,24,29). The highest BCUT2D eigenvalue weighted by Crippen LogP contribution is 2.20. The largest absolute Gasteiger partial charge is 0.330 e. The molecule has 0 aliphatic carbocycles. The highest BCUT2D eigenvalue weighted by Gasteiger charge is 2.18. The van der Waals surface area contributed by atoms with Crippen LogP contribution >= 0.6 is 11.8 Å². The van der Waals surface area contributed by atoms with E-state index in [1.807, 2.05) is 19.2 Å². The molecule has 9 heteroatoms. The van der Waals surface area contributed by atoms with E-state index < -0.39 is 0 Å². The topological polar surface area (TPSA) is 98.0 Å². The van der Waals surface area contributed by atoms with E-state index in [2.05, 4.69) is 29.5 Å². The zero-order chi connectivity index (χ0) is 22.7. The van der Waals surface area contributed by atoms with Gasteiger partial charge in [0.25, 0.3) is 5.56 Å². The van der Waals surface area contributed by atoms with Gasteiger partial charge in [-0.15, -0.1) is 0 Å². The van der Waals surface area contributed by atoms with Gasteiger partial charge in [0.05, 0.1) is 5.52 Å². The van der Waals surface area contributed by atoms with Crippen molar-refractivity contribution >= 4 is 46.0 Å². The second kappa shape index (κ2) is 9.38. The van der Waals surface area contributed by atoms with Crippen LogP contribution in [-0.4, -0.2) is 32.2 Å². The molecular weight excluding hydrogens is 414 g/mol. The van der Waals surface area contributed by atoms with Crippen molar-refractivity contribution in [1.29, 1.82) is 0 Å². The average molecular weight is 442 g/mol. The van der Waals surface area contributed by atoms with Crippen LogP contribution < -0.4 is 16.2 Å². The van der Waals surface area contributed by atoms with Gasteiger partial charge in [-0.1, -0.05) is 25.6 Å². The Kier molecular flexibility index (Phi) is 6.84. The molecule has 1 aromatic carbocycles. The molecule has 2 N–H and O–H groups in total. The van der Waals surface area contributed by atoms with Crippen LogP contribution in [0.2, 0.25) is 0 Å². The monoisotopic (exact) mass is 441 g/mol. The zero-order valence-corrected chi connectivity index (χ0v) is 19.2. The van der Waals surface area contributed by atoms with Crippen LogP contribution in [0.25, 0.3) is 11.0 Å². The molecule has 2 amide bonds. The summed E-state index contributed by atoms with van der Waals surface area (Å²) in [5, 5.41) is 6.19. The van der Waals surface area contributed by atoms with E-state index in [4.69, 9.17) is 0 Å². The van der Waals surface area contributed by atoms with E-state index in [1.54, 1.807) is 33.4 Å². The van der Waals surface area contributed by atoms with Gasteiger partial charge in [0, 0.05) is 30.5 Å². The van der Waals surface area contributed by atoms with Crippen molar-refractivity contribution in [2.75, 3.05) is 16.9 Å². The Balaban J connectivity index is 1.88. The Morgan fingerprint density at radius 2 is 1.71 bits per heavy atom. The Hall–Kier alpha value is -3.07. The first-order valence-corrected chi connectivity index (χ1v) is 11.2. The predicted molar refractivity (Wildman–Crippen MR) is 125 cm³/mol. The number of thioether (sulfide) groups is 1. The molecule has 0 atom stereocenters. The van der Waals surface area contributed by atoms with Crippen molar-refractivity contribution in [2.24, 2.45) is 5.92 Å². The van der Waals surface area contributed by atoms with Gasteiger partial charge >= 0.3 is 0 Å². The van der Waals surface area contributed by atoms with Crippen LogP contribution in [0.15, 0.2) is 40.3 Å². The smallest absolute Gasteiger partial charge is 0.278 e. The van der Waals surface area contributed by atoms with Crippen molar-refractivity contribution in [3.63, 3.8) is 0 Å². The van der Waals surface area contributed by atoms with E-state index in [0.29, 0.717) is 34.1 Å². The molecule has 0 saturated heterocycles. The molecule has 2 aromatic heterocycles. The number of nitrogens with zero attached hydrogens (tertiary/aromatic N) is 3. The number of anilines is 2. The molecule has 3 aromatic rings. The van der Waals surface area contributed by atoms with Gasteiger partial charge in [0.15, 0.2) is 5.16 Å². The molecule has 0 unspecified atom stereocenters. The first-order chi connectivity index (χ1) is 14.7. The number of hydrogen-bond donors (Lipinski definition) is 2. The summed E-state index contributed by atoms with van der Waals surface area (Å²) in [4.78, 5) is 41.7. The predicted octanol–water partition coefficient (Wildman–Crippen LogP) is 3.48. The summed E-state index contributed by atoms with van der Waals surface area (Å²) in [5.41, 5.74) is 2.95. The number of aryl methyl sites for hydroxylation is 1. The number of rotatable bonds is 7. The molecule has 0 bridgehead atoms. The van der Waals surface area contributed by atoms with Crippen LogP contribution in [0.1, 0.15) is 26.5 Å². The number of fused-ring (bicyclic) bond motifs is 1. The molecule has 0 saturated carbocycles. The number of aromatic nitrogens is 3. The summed E-state index contributed by atoms with van der Waals surface area (Å²) in [6, 6.07) is 8.70. The van der Waals surface area contributed by atoms with Crippen LogP contribution in [0.3, 0.4) is 0 Å². The molecule has 0 aliphatic heterocycles. The number of carbonyl (C=O) groups excluding carboxylic acids is 2. The van der Waals surface area contributed by atoms with E-state index in [-0.39, 0.29) is 29.8 Å². The summed E-state index contributed by atoms with van der Waals surface area (Å²) in [6.45, 7) is 7.97. The summed E-state index contributed by atoms with van der Waals surface area (Å²) >= 11 is 1.44. The normalized spacial score (nSPS) is 11.2. The number of carbonyl (C=O) groups is 2. The quantitative estimate of drug-likeness (QED) is 0.432. The Labute approximate surface area is 185 Å². The number of amides is 2. The maximum absolute atomic E-state index is 13.3. The van der Waals surface area contributed by atoms with E-state index in [0.717, 1.165) is 5.69 Å². The molecular formula is C22H27N5O3S. The molecule has 2 heterocycles. The number of hydrogen-bond acceptors (Lipinski definition) is 5. The minimum Gasteiger partial charge on any atom is -0.330 e. The lowest BCUT2D eigenvalue weighted by atomic mass is 10.2. The fraction of sp³-hybridized carbons (Fsp3) is 0.364. The van der Waals surface area contributed by atoms with Crippen LogP contribution in [0.4, 0.5) is 11.4 Å². The van der Waals surface area contributed by atoms with E-state index in [9.17, 15) is 14.4 Å². The lowest BCUT2D eigenvalue weighted by Gasteiger charge is -2.14. The van der Waals surface area contributed by atoms with Crippen molar-refractivity contribution < 1.29 is 9.59 Å². The lowest BCUT2D eigenvalue weighted by molar-refractivity contribution is -0.117. The lowest BCUT2D eigenvalue weighted by Crippen LogP contribution is -2.28. The first-order valence-electron chi connectivity index (χ1n) is 10.0. The van der Waals surface area contributed by atoms with Crippen molar-refractivity contribution in [2.45, 2.75) is 45.9 Å². The summed E-state index contributed by atoms with van der Waals surface area (Å²) in [7, 11) is 0. The third kappa shape index (κ3) is 5.16. The van der Waals surface area contributed by atoms with Gasteiger partial charge in [0.1, 0.15) is 12.1 Å². The van der Waals surface area contributed by atoms with Gasteiger partial charge in [-0.05, 0) is 49.4 Å². The minimum absolute atomic E-state index is 0.00000617. The third-order valence-corrected chi connectivity index (χ3v) is 5.38. The summed E-state index contributed by atoms with van der Waals surface area (Å²) in [5.74, 6) is -0.124. The van der Waals surface area contributed by atoms with Crippen LogP contribution in [-0.2, 0) is 22.7 Å². The Morgan fingerprint density at radius 1 is 1.10 bits per heavy atom. The first kappa shape index (κ1) is 22.6. The minimum atomic E-state index is -0.253. The number of nitrogens with one attached hydrogen (secondary N) is 2. The van der Waals surface area contributed by atoms with Crippen molar-refractivity contribution in [1.82, 2.24) is 14.1 Å². The van der Waals surface area contributed by atoms with Gasteiger partial charge in [-0.3, -0.25) is 19.0 Å². The average Bonchev–Trinajstić information content (AvgIpc) is 3.00. The molecule has 31 heavy (non-hydrogen) atoms. The molecule has 0 aliphatic rings. The Morgan fingerprint density at radius 3 is 2.26 bits per heavy atom. The maximum atomic E-state index is 13.3. The fourth-order valence-electron chi connectivity index (χ4n) is 3.42. The maximum Gasteiger partial charge on any atom is 0.278 e. The fourth-order valence-corrected chi connectivity index (χ4v) is 3.98. The molecule has 0 spiro atoms. The van der Waals surface area contributed by atoms with E-state index >= 15 is 0 Å². The van der Waals surface area contributed by atoms with E-state index in [1.165, 1.54) is 18.7 Å². The van der Waals surface area contributed by atoms with Gasteiger partial charge in [-0.25, -0.2) is 4.98 Å². The molecule has 164 valence electrons. The summed E-state index contributed by atoms with van der Waals surface area (Å²) in [6.07, 6.45) is 1.90. The molecule has 3 rings (SSSR count). The summed E-state index contributed by atoms with van der Waals surface area (Å²) < 4.78 is 3.40. The second-order valence-electron chi connectivity index (χ2n) is 7.82. The van der Waals surface area contributed by atoms with Gasteiger partial charge in [0.2, 0.25) is 11.8 Å².